The molecule has 0 fully saturated rings. The van der Waals surface area contributed by atoms with Gasteiger partial charge >= 0.3 is 0 Å². The number of hydrogen-bond acceptors (Lipinski definition) is 3. The highest BCUT2D eigenvalue weighted by Gasteiger charge is 2.08. The van der Waals surface area contributed by atoms with Gasteiger partial charge in [-0.1, -0.05) is 10.2 Å². The van der Waals surface area contributed by atoms with Crippen LogP contribution in [0.4, 0.5) is 0 Å². The minimum absolute atomic E-state index is 0.0237. The van der Waals surface area contributed by atoms with Crippen LogP contribution in [0.25, 0.3) is 20.9 Å². The Balaban J connectivity index is 2.98. The molecule has 1 aromatic rings. The summed E-state index contributed by atoms with van der Waals surface area (Å²) in [5.41, 5.74) is 16.9. The monoisotopic (exact) mass is 205 g/mol. The van der Waals surface area contributed by atoms with Crippen LogP contribution in [0.15, 0.2) is 28.4 Å². The molecular formula is C7H7N7O. The SMILES string of the molecule is [N-]=[N+]=NCc1cccc(CN=[N+]=[N-])[n+]1[O-]. The standard InChI is InChI=1S/C7H7N7O/c8-12-10-4-6-2-1-3-7(14(6)15)5-11-13-9/h1-3H,4-5H2. The third-order valence-corrected chi connectivity index (χ3v) is 1.69. The van der Waals surface area contributed by atoms with Gasteiger partial charge in [-0.3, -0.25) is 0 Å². The summed E-state index contributed by atoms with van der Waals surface area (Å²) < 4.78 is 0.601. The first kappa shape index (κ1) is 10.6. The van der Waals surface area contributed by atoms with E-state index in [4.69, 9.17) is 11.1 Å². The Morgan fingerprint density at radius 1 is 1.13 bits per heavy atom. The number of aromatic nitrogens is 1. The summed E-state index contributed by atoms with van der Waals surface area (Å²) in [6.07, 6.45) is 0. The van der Waals surface area contributed by atoms with E-state index in [1.807, 2.05) is 0 Å². The predicted octanol–water partition coefficient (Wildman–Crippen LogP) is 1.94. The Kier molecular flexibility index (Phi) is 3.79. The molecule has 0 radical (unpaired) electrons. The molecule has 0 aliphatic carbocycles. The summed E-state index contributed by atoms with van der Waals surface area (Å²) in [5, 5.41) is 18.1. The molecule has 8 heteroatoms. The van der Waals surface area contributed by atoms with Crippen molar-refractivity contribution in [3.05, 3.63) is 55.7 Å². The van der Waals surface area contributed by atoms with Gasteiger partial charge in [0.15, 0.2) is 11.4 Å². The normalized spacial score (nSPS) is 8.80. The molecule has 0 aliphatic heterocycles. The molecule has 0 atom stereocenters. The summed E-state index contributed by atoms with van der Waals surface area (Å²) in [5.74, 6) is 0. The van der Waals surface area contributed by atoms with E-state index < -0.39 is 0 Å². The van der Waals surface area contributed by atoms with Crippen LogP contribution in [-0.2, 0) is 13.1 Å². The van der Waals surface area contributed by atoms with Crippen LogP contribution in [0.3, 0.4) is 0 Å². The van der Waals surface area contributed by atoms with E-state index >= 15 is 0 Å². The van der Waals surface area contributed by atoms with Gasteiger partial charge in [-0.25, -0.2) is 0 Å². The Morgan fingerprint density at radius 2 is 1.60 bits per heavy atom. The predicted molar refractivity (Wildman–Crippen MR) is 51.1 cm³/mol. The van der Waals surface area contributed by atoms with Crippen molar-refractivity contribution in [3.63, 3.8) is 0 Å². The van der Waals surface area contributed by atoms with E-state index in [9.17, 15) is 5.21 Å². The van der Waals surface area contributed by atoms with Crippen molar-refractivity contribution in [1.29, 1.82) is 0 Å². The van der Waals surface area contributed by atoms with E-state index in [0.29, 0.717) is 16.1 Å². The van der Waals surface area contributed by atoms with Crippen molar-refractivity contribution in [2.45, 2.75) is 13.1 Å². The second-order valence-corrected chi connectivity index (χ2v) is 2.58. The van der Waals surface area contributed by atoms with Crippen LogP contribution in [0.2, 0.25) is 0 Å². The van der Waals surface area contributed by atoms with E-state index in [1.54, 1.807) is 18.2 Å². The van der Waals surface area contributed by atoms with Gasteiger partial charge in [0.2, 0.25) is 0 Å². The zero-order chi connectivity index (χ0) is 11.1. The summed E-state index contributed by atoms with van der Waals surface area (Å²) in [6.45, 7) is -0.0474. The van der Waals surface area contributed by atoms with Gasteiger partial charge in [-0.05, 0) is 17.1 Å². The molecule has 0 saturated heterocycles. The zero-order valence-corrected chi connectivity index (χ0v) is 7.69. The van der Waals surface area contributed by atoms with E-state index in [-0.39, 0.29) is 13.1 Å². The average Bonchev–Trinajstić information content (AvgIpc) is 2.26. The second kappa shape index (κ2) is 5.33. The van der Waals surface area contributed by atoms with Gasteiger partial charge in [0.25, 0.3) is 0 Å². The lowest BCUT2D eigenvalue weighted by Gasteiger charge is -2.05. The highest BCUT2D eigenvalue weighted by molar-refractivity contribution is 5.04. The molecule has 76 valence electrons. The van der Waals surface area contributed by atoms with Gasteiger partial charge in [0.05, 0.1) is 0 Å². The van der Waals surface area contributed by atoms with E-state index in [0.717, 1.165) is 0 Å². The van der Waals surface area contributed by atoms with Crippen molar-refractivity contribution in [3.8, 4) is 0 Å². The topological polar surface area (TPSA) is 124 Å². The quantitative estimate of drug-likeness (QED) is 0.240. The molecule has 0 spiro atoms. The lowest BCUT2D eigenvalue weighted by Crippen LogP contribution is -2.36. The maximum atomic E-state index is 11.5. The van der Waals surface area contributed by atoms with Crippen LogP contribution < -0.4 is 4.73 Å². The van der Waals surface area contributed by atoms with Crippen molar-refractivity contribution in [2.24, 2.45) is 10.2 Å². The summed E-state index contributed by atoms with van der Waals surface area (Å²) >= 11 is 0. The molecule has 0 aliphatic rings. The van der Waals surface area contributed by atoms with Crippen LogP contribution in [0.5, 0.6) is 0 Å². The van der Waals surface area contributed by atoms with Crippen LogP contribution in [0.1, 0.15) is 11.4 Å². The maximum absolute atomic E-state index is 11.5. The molecule has 0 N–H and O–H groups in total. The van der Waals surface area contributed by atoms with Crippen LogP contribution in [-0.4, -0.2) is 0 Å². The Bertz CT molecular complexity index is 406. The van der Waals surface area contributed by atoms with Crippen molar-refractivity contribution >= 4 is 0 Å². The lowest BCUT2D eigenvalue weighted by molar-refractivity contribution is -0.622. The Labute approximate surface area is 84.6 Å². The molecular weight excluding hydrogens is 198 g/mol. The van der Waals surface area contributed by atoms with Crippen molar-refractivity contribution in [1.82, 2.24) is 0 Å². The fourth-order valence-corrected chi connectivity index (χ4v) is 1.03. The molecule has 0 amide bonds. The molecule has 8 nitrogen and oxygen atoms in total. The summed E-state index contributed by atoms with van der Waals surface area (Å²) in [7, 11) is 0. The second-order valence-electron chi connectivity index (χ2n) is 2.58. The number of rotatable bonds is 4. The third-order valence-electron chi connectivity index (χ3n) is 1.69. The Morgan fingerprint density at radius 3 is 2.00 bits per heavy atom. The van der Waals surface area contributed by atoms with Gasteiger partial charge in [-0.15, -0.1) is 0 Å². The molecule has 0 unspecified atom stereocenters. The minimum atomic E-state index is -0.0237. The van der Waals surface area contributed by atoms with Gasteiger partial charge in [-0.2, -0.15) is 4.73 Å². The smallest absolute Gasteiger partial charge is 0.198 e. The molecule has 1 heterocycles. The molecule has 1 rings (SSSR count). The molecule has 0 bridgehead atoms. The van der Waals surface area contributed by atoms with E-state index in [1.165, 1.54) is 0 Å². The van der Waals surface area contributed by atoms with E-state index in [2.05, 4.69) is 20.1 Å². The lowest BCUT2D eigenvalue weighted by atomic mass is 10.3. The number of azide groups is 2. The molecule has 0 saturated carbocycles. The van der Waals surface area contributed by atoms with Gasteiger partial charge < -0.3 is 5.21 Å². The number of hydrogen-bond donors (Lipinski definition) is 0. The fraction of sp³-hybridized carbons (Fsp3) is 0.286. The first-order valence-electron chi connectivity index (χ1n) is 4.01. The fourth-order valence-electron chi connectivity index (χ4n) is 1.03. The van der Waals surface area contributed by atoms with Gasteiger partial charge in [0, 0.05) is 22.0 Å². The molecule has 15 heavy (non-hydrogen) atoms. The largest absolute Gasteiger partial charge is 0.618 e. The highest BCUT2D eigenvalue weighted by Crippen LogP contribution is 2.00. The summed E-state index contributed by atoms with van der Waals surface area (Å²) in [6, 6.07) is 4.72. The molecule has 1 aromatic heterocycles. The first-order chi connectivity index (χ1) is 7.29. The van der Waals surface area contributed by atoms with Crippen LogP contribution in [0, 0.1) is 5.21 Å². The first-order valence-corrected chi connectivity index (χ1v) is 4.01. The van der Waals surface area contributed by atoms with Crippen LogP contribution >= 0.6 is 0 Å². The highest BCUT2D eigenvalue weighted by atomic mass is 16.5. The zero-order valence-electron chi connectivity index (χ0n) is 7.69. The average molecular weight is 205 g/mol. The summed E-state index contributed by atoms with van der Waals surface area (Å²) in [4.78, 5) is 5.11. The maximum Gasteiger partial charge on any atom is 0.198 e. The van der Waals surface area contributed by atoms with Crippen molar-refractivity contribution < 1.29 is 4.73 Å². The number of pyridine rings is 1. The Hall–Kier alpha value is -2.43. The third kappa shape index (κ3) is 2.77. The number of nitrogens with zero attached hydrogens (tertiary/aromatic N) is 7. The van der Waals surface area contributed by atoms with Gasteiger partial charge in [0.1, 0.15) is 13.1 Å². The molecule has 0 aromatic carbocycles. The van der Waals surface area contributed by atoms with Crippen molar-refractivity contribution in [2.75, 3.05) is 0 Å². The minimum Gasteiger partial charge on any atom is -0.618 e.